The van der Waals surface area contributed by atoms with E-state index in [1.54, 1.807) is 36.7 Å². The van der Waals surface area contributed by atoms with Crippen LogP contribution >= 0.6 is 0 Å². The van der Waals surface area contributed by atoms with Crippen molar-refractivity contribution in [2.75, 3.05) is 18.4 Å². The molecule has 1 fully saturated rings. The summed E-state index contributed by atoms with van der Waals surface area (Å²) in [6.07, 6.45) is 4.26. The van der Waals surface area contributed by atoms with E-state index in [-0.39, 0.29) is 28.6 Å². The molecular formula is C22H21N5O3S. The van der Waals surface area contributed by atoms with E-state index in [9.17, 15) is 13.2 Å². The van der Waals surface area contributed by atoms with Crippen LogP contribution in [0.4, 0.5) is 5.69 Å². The molecule has 9 heteroatoms. The number of amides is 1. The van der Waals surface area contributed by atoms with E-state index in [4.69, 9.17) is 0 Å². The fourth-order valence-corrected chi connectivity index (χ4v) is 4.80. The molecule has 158 valence electrons. The number of rotatable bonds is 5. The van der Waals surface area contributed by atoms with Crippen LogP contribution in [-0.4, -0.2) is 38.4 Å². The minimum Gasteiger partial charge on any atom is -0.354 e. The Balaban J connectivity index is 1.23. The highest BCUT2D eigenvalue weighted by Crippen LogP contribution is 2.48. The van der Waals surface area contributed by atoms with E-state index >= 15 is 0 Å². The highest BCUT2D eigenvalue weighted by Gasteiger charge is 2.44. The van der Waals surface area contributed by atoms with Crippen molar-refractivity contribution in [1.82, 2.24) is 15.0 Å². The van der Waals surface area contributed by atoms with Gasteiger partial charge in [-0.25, -0.2) is 13.1 Å². The molecule has 31 heavy (non-hydrogen) atoms. The molecule has 3 aromatic rings. The minimum atomic E-state index is -3.68. The maximum absolute atomic E-state index is 12.7. The topological polar surface area (TPSA) is 113 Å². The van der Waals surface area contributed by atoms with Crippen molar-refractivity contribution in [2.45, 2.75) is 17.2 Å². The SMILES string of the molecule is O=C(Nc1ccc2cnccc2c1)[C@@H]1C[C@H]1c1ccc(S(=O)(=O)NC2=NCCN2)cc1. The van der Waals surface area contributed by atoms with Gasteiger partial charge >= 0.3 is 0 Å². The molecule has 1 saturated carbocycles. The third-order valence-electron chi connectivity index (χ3n) is 5.56. The molecule has 2 atom stereocenters. The average molecular weight is 436 g/mol. The van der Waals surface area contributed by atoms with Crippen molar-refractivity contribution in [3.05, 3.63) is 66.5 Å². The van der Waals surface area contributed by atoms with Crippen molar-refractivity contribution < 1.29 is 13.2 Å². The first-order chi connectivity index (χ1) is 15.0. The predicted molar refractivity (Wildman–Crippen MR) is 118 cm³/mol. The number of carbonyl (C=O) groups excluding carboxylic acids is 1. The van der Waals surface area contributed by atoms with Crippen LogP contribution in [0.15, 0.2) is 70.8 Å². The molecule has 8 nitrogen and oxygen atoms in total. The average Bonchev–Trinajstić information content (AvgIpc) is 3.43. The van der Waals surface area contributed by atoms with Crippen LogP contribution in [-0.2, 0) is 14.8 Å². The van der Waals surface area contributed by atoms with E-state index in [0.717, 1.165) is 28.4 Å². The smallest absolute Gasteiger partial charge is 0.264 e. The molecule has 2 heterocycles. The maximum Gasteiger partial charge on any atom is 0.264 e. The van der Waals surface area contributed by atoms with Crippen molar-refractivity contribution in [3.63, 3.8) is 0 Å². The second-order valence-electron chi connectivity index (χ2n) is 7.71. The number of benzene rings is 2. The Labute approximate surface area is 179 Å². The molecule has 1 amide bonds. The van der Waals surface area contributed by atoms with Crippen LogP contribution in [0.25, 0.3) is 10.8 Å². The van der Waals surface area contributed by atoms with Crippen LogP contribution in [0, 0.1) is 5.92 Å². The number of hydrogen-bond acceptors (Lipinski definition) is 6. The number of sulfonamides is 1. The zero-order valence-electron chi connectivity index (χ0n) is 16.6. The summed E-state index contributed by atoms with van der Waals surface area (Å²) in [7, 11) is -3.68. The first-order valence-electron chi connectivity index (χ1n) is 10.1. The van der Waals surface area contributed by atoms with Gasteiger partial charge in [0.1, 0.15) is 0 Å². The minimum absolute atomic E-state index is 0.0258. The van der Waals surface area contributed by atoms with Gasteiger partial charge in [-0.1, -0.05) is 18.2 Å². The Hall–Kier alpha value is -3.46. The van der Waals surface area contributed by atoms with E-state index in [0.29, 0.717) is 13.1 Å². The fraction of sp³-hybridized carbons (Fsp3) is 0.227. The standard InChI is InChI=1S/C22H21N5O3S/c28-21(26-17-4-1-16-13-23-8-7-15(16)11-17)20-12-19(20)14-2-5-18(6-3-14)31(29,30)27-22-24-9-10-25-22/h1-8,11,13,19-20H,9-10,12H2,(H,26,28)(H2,24,25,27)/t19-,20+/m0/s1. The lowest BCUT2D eigenvalue weighted by Crippen LogP contribution is -2.38. The summed E-state index contributed by atoms with van der Waals surface area (Å²) < 4.78 is 27.4. The van der Waals surface area contributed by atoms with Crippen LogP contribution in [0.3, 0.4) is 0 Å². The van der Waals surface area contributed by atoms with Crippen molar-refractivity contribution in [3.8, 4) is 0 Å². The molecule has 3 N–H and O–H groups in total. The van der Waals surface area contributed by atoms with Gasteiger partial charge in [-0.15, -0.1) is 0 Å². The molecule has 0 bridgehead atoms. The Bertz CT molecular complexity index is 1290. The number of nitrogens with zero attached hydrogens (tertiary/aromatic N) is 2. The summed E-state index contributed by atoms with van der Waals surface area (Å²) in [6.45, 7) is 1.18. The number of hydrogen-bond donors (Lipinski definition) is 3. The lowest BCUT2D eigenvalue weighted by Gasteiger charge is -2.09. The number of fused-ring (bicyclic) bond motifs is 1. The lowest BCUT2D eigenvalue weighted by atomic mass is 10.1. The molecule has 0 saturated heterocycles. The highest BCUT2D eigenvalue weighted by molar-refractivity contribution is 7.90. The first kappa shape index (κ1) is 19.5. The fourth-order valence-electron chi connectivity index (χ4n) is 3.80. The van der Waals surface area contributed by atoms with Crippen LogP contribution in [0.5, 0.6) is 0 Å². The number of nitrogens with one attached hydrogen (secondary N) is 3. The summed E-state index contributed by atoms with van der Waals surface area (Å²) >= 11 is 0. The van der Waals surface area contributed by atoms with E-state index in [1.807, 2.05) is 24.3 Å². The number of guanidine groups is 1. The van der Waals surface area contributed by atoms with Gasteiger partial charge in [-0.3, -0.25) is 14.8 Å². The van der Waals surface area contributed by atoms with Crippen molar-refractivity contribution in [1.29, 1.82) is 0 Å². The summed E-state index contributed by atoms with van der Waals surface area (Å²) in [5.74, 6) is 0.219. The van der Waals surface area contributed by atoms with Crippen molar-refractivity contribution in [2.24, 2.45) is 10.9 Å². The number of anilines is 1. The van der Waals surface area contributed by atoms with Gasteiger partial charge in [0.15, 0.2) is 0 Å². The van der Waals surface area contributed by atoms with Crippen LogP contribution in [0.2, 0.25) is 0 Å². The second-order valence-corrected chi connectivity index (χ2v) is 9.39. The Morgan fingerprint density at radius 1 is 1.06 bits per heavy atom. The van der Waals surface area contributed by atoms with Gasteiger partial charge in [0, 0.05) is 35.9 Å². The molecule has 0 spiro atoms. The third kappa shape index (κ3) is 4.09. The lowest BCUT2D eigenvalue weighted by molar-refractivity contribution is -0.117. The maximum atomic E-state index is 12.7. The van der Waals surface area contributed by atoms with Gasteiger partial charge in [0.25, 0.3) is 10.0 Å². The quantitative estimate of drug-likeness (QED) is 0.569. The van der Waals surface area contributed by atoms with E-state index in [2.05, 4.69) is 25.3 Å². The number of aromatic nitrogens is 1. The van der Waals surface area contributed by atoms with Crippen molar-refractivity contribution >= 4 is 38.3 Å². The molecule has 0 unspecified atom stereocenters. The summed E-state index contributed by atoms with van der Waals surface area (Å²) in [5, 5.41) is 7.91. The second kappa shape index (κ2) is 7.66. The molecule has 2 aromatic carbocycles. The Morgan fingerprint density at radius 3 is 2.68 bits per heavy atom. The molecule has 0 radical (unpaired) electrons. The number of aliphatic imine (C=N–C) groups is 1. The zero-order valence-corrected chi connectivity index (χ0v) is 17.4. The normalized spacial score (nSPS) is 20.1. The van der Waals surface area contributed by atoms with Crippen LogP contribution < -0.4 is 15.4 Å². The molecular weight excluding hydrogens is 414 g/mol. The number of pyridine rings is 1. The van der Waals surface area contributed by atoms with Gasteiger partial charge in [0.2, 0.25) is 11.9 Å². The molecule has 2 aliphatic rings. The predicted octanol–water partition coefficient (Wildman–Crippen LogP) is 2.21. The molecule has 5 rings (SSSR count). The van der Waals surface area contributed by atoms with Gasteiger partial charge in [-0.05, 0) is 53.6 Å². The zero-order chi connectivity index (χ0) is 21.4. The van der Waals surface area contributed by atoms with E-state index in [1.165, 1.54) is 0 Å². The van der Waals surface area contributed by atoms with Gasteiger partial charge in [-0.2, -0.15) is 0 Å². The third-order valence-corrected chi connectivity index (χ3v) is 6.91. The first-order valence-corrected chi connectivity index (χ1v) is 11.5. The van der Waals surface area contributed by atoms with Gasteiger partial charge < -0.3 is 10.6 Å². The molecule has 1 aliphatic heterocycles. The Morgan fingerprint density at radius 2 is 1.90 bits per heavy atom. The monoisotopic (exact) mass is 435 g/mol. The van der Waals surface area contributed by atoms with Crippen LogP contribution in [0.1, 0.15) is 17.9 Å². The highest BCUT2D eigenvalue weighted by atomic mass is 32.2. The van der Waals surface area contributed by atoms with Gasteiger partial charge in [0.05, 0.1) is 11.4 Å². The summed E-state index contributed by atoms with van der Waals surface area (Å²) in [4.78, 5) is 21.0. The number of carbonyl (C=O) groups is 1. The van der Waals surface area contributed by atoms with E-state index < -0.39 is 10.0 Å². The summed E-state index contributed by atoms with van der Waals surface area (Å²) in [5.41, 5.74) is 1.71. The Kier molecular flexibility index (Phi) is 4.82. The largest absolute Gasteiger partial charge is 0.354 e. The molecule has 1 aliphatic carbocycles. The summed E-state index contributed by atoms with van der Waals surface area (Å²) in [6, 6.07) is 14.3. The molecule has 1 aromatic heterocycles.